The smallest absolute Gasteiger partial charge is 0.315 e. The first-order valence-corrected chi connectivity index (χ1v) is 7.54. The first-order chi connectivity index (χ1) is 8.81. The molecule has 4 heteroatoms. The molecule has 3 atom stereocenters. The largest absolute Gasteiger partial charge is 0.373 e. The number of fused-ring (bicyclic) bond motifs is 2. The molecular formula is C14H24N2O2. The molecule has 1 saturated carbocycles. The summed E-state index contributed by atoms with van der Waals surface area (Å²) in [5.74, 6) is 0. The molecule has 2 N–H and O–H groups in total. The quantitative estimate of drug-likeness (QED) is 0.741. The van der Waals surface area contributed by atoms with Gasteiger partial charge in [-0.05, 0) is 32.1 Å². The maximum Gasteiger partial charge on any atom is 0.315 e. The molecule has 2 amide bonds. The van der Waals surface area contributed by atoms with Crippen molar-refractivity contribution in [3.8, 4) is 0 Å². The highest BCUT2D eigenvalue weighted by molar-refractivity contribution is 5.74. The number of urea groups is 1. The van der Waals surface area contributed by atoms with Gasteiger partial charge in [0.05, 0.1) is 18.2 Å². The Morgan fingerprint density at radius 1 is 0.944 bits per heavy atom. The second-order valence-electron chi connectivity index (χ2n) is 6.02. The van der Waals surface area contributed by atoms with E-state index >= 15 is 0 Å². The van der Waals surface area contributed by atoms with E-state index < -0.39 is 0 Å². The van der Waals surface area contributed by atoms with Crippen LogP contribution in [0, 0.1) is 0 Å². The number of rotatable bonds is 2. The van der Waals surface area contributed by atoms with Crippen molar-refractivity contribution in [2.45, 2.75) is 82.1 Å². The fourth-order valence-corrected chi connectivity index (χ4v) is 3.61. The van der Waals surface area contributed by atoms with Crippen LogP contribution in [-0.2, 0) is 4.74 Å². The summed E-state index contributed by atoms with van der Waals surface area (Å²) in [6.45, 7) is 0. The summed E-state index contributed by atoms with van der Waals surface area (Å²) < 4.78 is 5.75. The van der Waals surface area contributed by atoms with Crippen molar-refractivity contribution in [2.24, 2.45) is 0 Å². The van der Waals surface area contributed by atoms with Crippen LogP contribution >= 0.6 is 0 Å². The number of carbonyl (C=O) groups is 1. The molecule has 0 aromatic rings. The van der Waals surface area contributed by atoms with E-state index in [1.807, 2.05) is 0 Å². The second kappa shape index (κ2) is 5.47. The Balaban J connectivity index is 1.44. The highest BCUT2D eigenvalue weighted by Gasteiger charge is 2.41. The molecule has 3 rings (SSSR count). The van der Waals surface area contributed by atoms with E-state index in [1.165, 1.54) is 32.1 Å². The van der Waals surface area contributed by atoms with Crippen molar-refractivity contribution in [2.75, 3.05) is 0 Å². The van der Waals surface area contributed by atoms with E-state index in [0.717, 1.165) is 25.7 Å². The van der Waals surface area contributed by atoms with Crippen LogP contribution in [0.2, 0.25) is 0 Å². The number of ether oxygens (including phenoxy) is 1. The zero-order valence-electron chi connectivity index (χ0n) is 11.0. The number of hydrogen-bond donors (Lipinski definition) is 2. The number of hydrogen-bond acceptors (Lipinski definition) is 2. The Labute approximate surface area is 109 Å². The molecule has 2 heterocycles. The van der Waals surface area contributed by atoms with Gasteiger partial charge in [0, 0.05) is 6.04 Å². The SMILES string of the molecule is O=C(NC1CCCCCC1)NC1CC2CCC1O2. The molecule has 2 aliphatic heterocycles. The molecule has 3 aliphatic rings. The van der Waals surface area contributed by atoms with Crippen LogP contribution in [0.15, 0.2) is 0 Å². The second-order valence-corrected chi connectivity index (χ2v) is 6.02. The standard InChI is InChI=1S/C14H24N2O2/c17-14(15-10-5-3-1-2-4-6-10)16-12-9-11-7-8-13(12)18-11/h10-13H,1-9H2,(H2,15,16,17). The Morgan fingerprint density at radius 3 is 2.33 bits per heavy atom. The zero-order valence-corrected chi connectivity index (χ0v) is 11.0. The zero-order chi connectivity index (χ0) is 12.4. The highest BCUT2D eigenvalue weighted by atomic mass is 16.5. The van der Waals surface area contributed by atoms with Crippen LogP contribution in [0.5, 0.6) is 0 Å². The monoisotopic (exact) mass is 252 g/mol. The lowest BCUT2D eigenvalue weighted by Gasteiger charge is -2.23. The average Bonchev–Trinajstić information content (AvgIpc) is 2.86. The summed E-state index contributed by atoms with van der Waals surface area (Å²) in [5, 5.41) is 6.24. The lowest BCUT2D eigenvalue weighted by Crippen LogP contribution is -2.49. The van der Waals surface area contributed by atoms with Crippen molar-refractivity contribution in [3.63, 3.8) is 0 Å². The summed E-state index contributed by atoms with van der Waals surface area (Å²) in [7, 11) is 0. The Morgan fingerprint density at radius 2 is 1.72 bits per heavy atom. The van der Waals surface area contributed by atoms with Gasteiger partial charge in [0.15, 0.2) is 0 Å². The predicted octanol–water partition coefficient (Wildman–Crippen LogP) is 2.33. The van der Waals surface area contributed by atoms with Crippen LogP contribution in [0.25, 0.3) is 0 Å². The summed E-state index contributed by atoms with van der Waals surface area (Å²) >= 11 is 0. The number of carbonyl (C=O) groups excluding carboxylic acids is 1. The summed E-state index contributed by atoms with van der Waals surface area (Å²) in [5.41, 5.74) is 0. The van der Waals surface area contributed by atoms with Crippen LogP contribution in [0.4, 0.5) is 4.79 Å². The molecule has 0 radical (unpaired) electrons. The van der Waals surface area contributed by atoms with E-state index in [0.29, 0.717) is 12.1 Å². The van der Waals surface area contributed by atoms with Gasteiger partial charge in [-0.2, -0.15) is 0 Å². The first-order valence-electron chi connectivity index (χ1n) is 7.54. The van der Waals surface area contributed by atoms with Gasteiger partial charge in [-0.1, -0.05) is 25.7 Å². The summed E-state index contributed by atoms with van der Waals surface area (Å²) in [6, 6.07) is 0.643. The van der Waals surface area contributed by atoms with Crippen molar-refractivity contribution in [3.05, 3.63) is 0 Å². The van der Waals surface area contributed by atoms with Crippen molar-refractivity contribution >= 4 is 6.03 Å². The predicted molar refractivity (Wildman–Crippen MR) is 69.5 cm³/mol. The average molecular weight is 252 g/mol. The van der Waals surface area contributed by atoms with Crippen LogP contribution in [0.1, 0.15) is 57.8 Å². The Hall–Kier alpha value is -0.770. The molecule has 0 spiro atoms. The minimum Gasteiger partial charge on any atom is -0.373 e. The fourth-order valence-electron chi connectivity index (χ4n) is 3.61. The van der Waals surface area contributed by atoms with Gasteiger partial charge < -0.3 is 15.4 Å². The van der Waals surface area contributed by atoms with E-state index in [2.05, 4.69) is 10.6 Å². The number of amides is 2. The Kier molecular flexibility index (Phi) is 3.73. The first kappa shape index (κ1) is 12.3. The molecule has 2 bridgehead atoms. The normalized spacial score (nSPS) is 36.3. The van der Waals surface area contributed by atoms with Crippen LogP contribution in [-0.4, -0.2) is 30.3 Å². The minimum absolute atomic E-state index is 0.0167. The maximum absolute atomic E-state index is 12.0. The van der Waals surface area contributed by atoms with Crippen LogP contribution < -0.4 is 10.6 Å². The van der Waals surface area contributed by atoms with Crippen molar-refractivity contribution in [1.82, 2.24) is 10.6 Å². The lowest BCUT2D eigenvalue weighted by atomic mass is 9.96. The van der Waals surface area contributed by atoms with E-state index in [4.69, 9.17) is 4.74 Å². The molecule has 0 aromatic carbocycles. The third kappa shape index (κ3) is 2.79. The molecule has 3 fully saturated rings. The fraction of sp³-hybridized carbons (Fsp3) is 0.929. The van der Waals surface area contributed by atoms with E-state index in [-0.39, 0.29) is 18.2 Å². The molecule has 2 saturated heterocycles. The third-order valence-corrected chi connectivity index (χ3v) is 4.61. The maximum atomic E-state index is 12.0. The van der Waals surface area contributed by atoms with Gasteiger partial charge in [-0.25, -0.2) is 4.79 Å². The van der Waals surface area contributed by atoms with Gasteiger partial charge in [0.2, 0.25) is 0 Å². The molecule has 102 valence electrons. The molecule has 4 nitrogen and oxygen atoms in total. The lowest BCUT2D eigenvalue weighted by molar-refractivity contribution is 0.0980. The van der Waals surface area contributed by atoms with Gasteiger partial charge >= 0.3 is 6.03 Å². The molecular weight excluding hydrogens is 228 g/mol. The van der Waals surface area contributed by atoms with Crippen LogP contribution in [0.3, 0.4) is 0 Å². The molecule has 0 aromatic heterocycles. The van der Waals surface area contributed by atoms with Gasteiger partial charge in [0.25, 0.3) is 0 Å². The molecule has 18 heavy (non-hydrogen) atoms. The van der Waals surface area contributed by atoms with Crippen molar-refractivity contribution in [1.29, 1.82) is 0 Å². The van der Waals surface area contributed by atoms with E-state index in [1.54, 1.807) is 0 Å². The molecule has 3 unspecified atom stereocenters. The minimum atomic E-state index is 0.0167. The summed E-state index contributed by atoms with van der Waals surface area (Å²) in [6.07, 6.45) is 11.4. The molecule has 1 aliphatic carbocycles. The van der Waals surface area contributed by atoms with E-state index in [9.17, 15) is 4.79 Å². The topological polar surface area (TPSA) is 50.4 Å². The van der Waals surface area contributed by atoms with Crippen molar-refractivity contribution < 1.29 is 9.53 Å². The Bertz CT molecular complexity index is 300. The summed E-state index contributed by atoms with van der Waals surface area (Å²) in [4.78, 5) is 12.0. The third-order valence-electron chi connectivity index (χ3n) is 4.61. The number of nitrogens with one attached hydrogen (secondary N) is 2. The van der Waals surface area contributed by atoms with Gasteiger partial charge in [0.1, 0.15) is 0 Å². The highest BCUT2D eigenvalue weighted by Crippen LogP contribution is 2.34. The van der Waals surface area contributed by atoms with Gasteiger partial charge in [-0.3, -0.25) is 0 Å². The van der Waals surface area contributed by atoms with Gasteiger partial charge in [-0.15, -0.1) is 0 Å².